The van der Waals surface area contributed by atoms with Crippen molar-refractivity contribution in [2.45, 2.75) is 0 Å². The predicted molar refractivity (Wildman–Crippen MR) is 540 cm³/mol. The van der Waals surface area contributed by atoms with Gasteiger partial charge in [-0.3, -0.25) is 0 Å². The minimum Gasteiger partial charge on any atom is -0.456 e. The van der Waals surface area contributed by atoms with Gasteiger partial charge in [0.15, 0.2) is 52.4 Å². The van der Waals surface area contributed by atoms with Crippen LogP contribution >= 0.6 is 22.7 Å². The zero-order valence-electron chi connectivity index (χ0n) is 70.3. The molecule has 13 nitrogen and oxygen atoms in total. The second-order valence-electron chi connectivity index (χ2n) is 32.4. The molecule has 0 N–H and O–H groups in total. The summed E-state index contributed by atoms with van der Waals surface area (Å²) in [4.78, 5) is 44.6. The van der Waals surface area contributed by atoms with Crippen LogP contribution in [-0.2, 0) is 0 Å². The van der Waals surface area contributed by atoms with E-state index in [4.69, 9.17) is 62.5 Å². The summed E-state index contributed by atoms with van der Waals surface area (Å²) in [7, 11) is 0. The van der Waals surface area contributed by atoms with Crippen molar-refractivity contribution < 1.29 is 17.7 Å². The maximum Gasteiger partial charge on any atom is 0.167 e. The lowest BCUT2D eigenvalue weighted by Crippen LogP contribution is -2.00. The van der Waals surface area contributed by atoms with E-state index in [0.29, 0.717) is 52.4 Å². The summed E-state index contributed by atoms with van der Waals surface area (Å²) in [6.45, 7) is 0. The van der Waals surface area contributed by atoms with Crippen molar-refractivity contribution >= 4 is 151 Å². The van der Waals surface area contributed by atoms with E-state index in [9.17, 15) is 0 Å². The minimum atomic E-state index is 0.565. The Morgan fingerprint density at radius 1 is 0.144 bits per heavy atom. The molecule has 0 aliphatic heterocycles. The normalized spacial score (nSPS) is 11.6. The molecule has 0 aliphatic rings. The predicted octanol–water partition coefficient (Wildman–Crippen LogP) is 32.0. The Kier molecular flexibility index (Phi) is 19.0. The first kappa shape index (κ1) is 77.0. The van der Waals surface area contributed by atoms with Crippen molar-refractivity contribution in [2.24, 2.45) is 0 Å². The molecule has 0 fully saturated rings. The van der Waals surface area contributed by atoms with E-state index in [1.54, 1.807) is 11.3 Å². The number of nitrogens with zero attached hydrogens (tertiary/aromatic N) is 9. The van der Waals surface area contributed by atoms with E-state index >= 15 is 0 Å². The van der Waals surface area contributed by atoms with E-state index in [2.05, 4.69) is 182 Å². The van der Waals surface area contributed by atoms with Crippen LogP contribution in [0.25, 0.3) is 264 Å². The molecule has 0 unspecified atom stereocenters. The molecular weight excluding hydrogens is 1660 g/mol. The number of thiophene rings is 2. The van der Waals surface area contributed by atoms with Crippen LogP contribution in [0, 0.1) is 0 Å². The fourth-order valence-electron chi connectivity index (χ4n) is 18.2. The van der Waals surface area contributed by atoms with E-state index in [-0.39, 0.29) is 0 Å². The SMILES string of the molecule is c1ccc(-c2nc(-c3ccccc3)nc(-c3cccc4c3oc3c(-c5ccc6oc7ccccc7c6c5)cccc34)n2)cc1.c1ccc(-c2nc(-c3ccccc3)nc(-c3cccc4c3oc3c(-c5ccc6sc7ccccc7c6c5)cccc34)n2)cc1.c1ccc(-c2nc(-c3ccccc3)nc(-c3cccc4c3sc3c(-c5cccc6c5oc5ccccc56)cccc34)n2)cc1. The van der Waals surface area contributed by atoms with Crippen LogP contribution in [0.15, 0.2) is 436 Å². The van der Waals surface area contributed by atoms with E-state index in [1.807, 2.05) is 248 Å². The van der Waals surface area contributed by atoms with Gasteiger partial charge in [0, 0.05) is 145 Å². The number of aromatic nitrogens is 9. The van der Waals surface area contributed by atoms with E-state index in [1.165, 1.54) is 35.6 Å². The van der Waals surface area contributed by atoms with Gasteiger partial charge >= 0.3 is 0 Å². The minimum absolute atomic E-state index is 0.565. The van der Waals surface area contributed by atoms with Crippen molar-refractivity contribution in [3.05, 3.63) is 419 Å². The van der Waals surface area contributed by atoms with Crippen molar-refractivity contribution in [1.29, 1.82) is 0 Å². The monoisotopic (exact) mass is 1730 g/mol. The summed E-state index contributed by atoms with van der Waals surface area (Å²) < 4.78 is 31.0. The second-order valence-corrected chi connectivity index (χ2v) is 34.5. The van der Waals surface area contributed by atoms with Crippen molar-refractivity contribution in [3.8, 4) is 136 Å². The zero-order valence-corrected chi connectivity index (χ0v) is 71.9. The summed E-state index contributed by atoms with van der Waals surface area (Å²) in [5.41, 5.74) is 21.6. The molecule has 0 aliphatic carbocycles. The maximum atomic E-state index is 6.80. The van der Waals surface area contributed by atoms with Crippen LogP contribution in [0.1, 0.15) is 0 Å². The van der Waals surface area contributed by atoms with Gasteiger partial charge in [-0.1, -0.05) is 358 Å². The van der Waals surface area contributed by atoms with Crippen LogP contribution in [0.3, 0.4) is 0 Å². The van der Waals surface area contributed by atoms with Gasteiger partial charge in [-0.25, -0.2) is 44.9 Å². The Hall–Kier alpha value is -17.4. The van der Waals surface area contributed by atoms with Gasteiger partial charge in [0.1, 0.15) is 44.7 Å². The van der Waals surface area contributed by atoms with Gasteiger partial charge < -0.3 is 17.7 Å². The van der Waals surface area contributed by atoms with Crippen molar-refractivity contribution in [2.75, 3.05) is 0 Å². The number of rotatable bonds is 12. The Bertz CT molecular complexity index is 8630. The van der Waals surface area contributed by atoms with Crippen molar-refractivity contribution in [1.82, 2.24) is 44.9 Å². The summed E-state index contributed by atoms with van der Waals surface area (Å²) in [5.74, 6) is 5.60. The molecule has 27 aromatic rings. The molecule has 0 saturated carbocycles. The molecule has 0 radical (unpaired) electrons. The highest BCUT2D eigenvalue weighted by Crippen LogP contribution is 2.49. The molecule has 9 heterocycles. The molecule has 132 heavy (non-hydrogen) atoms. The molecule has 0 spiro atoms. The first-order valence-corrected chi connectivity index (χ1v) is 45.2. The summed E-state index contributed by atoms with van der Waals surface area (Å²) >= 11 is 3.61. The molecule has 0 amide bonds. The molecule has 9 aromatic heterocycles. The topological polar surface area (TPSA) is 169 Å². The molecule has 18 aromatic carbocycles. The van der Waals surface area contributed by atoms with Gasteiger partial charge in [0.2, 0.25) is 0 Å². The lowest BCUT2D eigenvalue weighted by molar-refractivity contribution is 0.668. The summed E-state index contributed by atoms with van der Waals surface area (Å²) in [5, 5.41) is 13.5. The van der Waals surface area contributed by atoms with Crippen molar-refractivity contribution in [3.63, 3.8) is 0 Å². The Balaban J connectivity index is 0.000000106. The van der Waals surface area contributed by atoms with Gasteiger partial charge in [-0.15, -0.1) is 22.7 Å². The summed E-state index contributed by atoms with van der Waals surface area (Å²) in [6, 6.07) is 143. The number of hydrogen-bond donors (Lipinski definition) is 0. The first-order chi connectivity index (χ1) is 65.4. The third-order valence-corrected chi connectivity index (χ3v) is 26.9. The standard InChI is InChI=1S/C39H23N3O2.2C39H23N3OS/c1-3-11-24(12-4-1)37-40-38(25-13-5-2-6-14-25)42-39(41-37)31-19-10-18-30-29-17-9-16-27(35(29)44-36(30)31)26-21-22-34-32(23-26)28-15-7-8-20-33(28)43-34;1-3-12-24(13-4-1)37-40-38(25-14-5-2-6-15-25)42-39(41-37)32-22-11-21-31-30-20-10-19-29(35(30)44-36(31)32)28-18-9-17-27-26-16-7-8-23-33(26)43-34(27)28;1-3-11-24(12-4-1)37-40-38(25-13-5-2-6-14-25)42-39(41-37)31-19-10-18-30-29-17-9-16-27(35(29)43-36(30)31)26-21-22-34-32(23-26)28-15-7-8-20-33(28)44-34/h3*1-23H. The van der Waals surface area contributed by atoms with E-state index < -0.39 is 0 Å². The molecule has 15 heteroatoms. The molecular formula is C117H69N9O4S2. The van der Waals surface area contributed by atoms with Gasteiger partial charge in [-0.05, 0) is 71.8 Å². The third kappa shape index (κ3) is 13.7. The number of benzene rings is 18. The van der Waals surface area contributed by atoms with Crippen LogP contribution in [0.5, 0.6) is 0 Å². The number of fused-ring (bicyclic) bond motifs is 18. The van der Waals surface area contributed by atoms with Crippen LogP contribution < -0.4 is 0 Å². The maximum absolute atomic E-state index is 6.80. The lowest BCUT2D eigenvalue weighted by atomic mass is 10.00. The largest absolute Gasteiger partial charge is 0.456 e. The number of furan rings is 4. The van der Waals surface area contributed by atoms with Gasteiger partial charge in [0.05, 0.1) is 11.1 Å². The average Bonchev–Trinajstić information content (AvgIpc) is 1.59. The van der Waals surface area contributed by atoms with Gasteiger partial charge in [-0.2, -0.15) is 0 Å². The quantitative estimate of drug-likeness (QED) is 0.113. The fraction of sp³-hybridized carbons (Fsp3) is 0. The Morgan fingerprint density at radius 3 is 0.871 bits per heavy atom. The molecule has 27 rings (SSSR count). The Labute approximate surface area is 762 Å². The first-order valence-electron chi connectivity index (χ1n) is 43.6. The van der Waals surface area contributed by atoms with Crippen LogP contribution in [-0.4, -0.2) is 44.9 Å². The molecule has 0 saturated heterocycles. The number of para-hydroxylation sites is 7. The van der Waals surface area contributed by atoms with Crippen LogP contribution in [0.2, 0.25) is 0 Å². The highest BCUT2D eigenvalue weighted by molar-refractivity contribution is 7.27. The molecule has 618 valence electrons. The molecule has 0 bridgehead atoms. The second kappa shape index (κ2) is 32.5. The Morgan fingerprint density at radius 2 is 0.424 bits per heavy atom. The van der Waals surface area contributed by atoms with Gasteiger partial charge in [0.25, 0.3) is 0 Å². The third-order valence-electron chi connectivity index (χ3n) is 24.5. The highest BCUT2D eigenvalue weighted by Gasteiger charge is 2.26. The molecule has 0 atom stereocenters. The highest BCUT2D eigenvalue weighted by atomic mass is 32.1. The smallest absolute Gasteiger partial charge is 0.167 e. The zero-order chi connectivity index (χ0) is 87.1. The van der Waals surface area contributed by atoms with Crippen LogP contribution in [0.4, 0.5) is 0 Å². The van der Waals surface area contributed by atoms with E-state index in [0.717, 1.165) is 176 Å². The lowest BCUT2D eigenvalue weighted by Gasteiger charge is -2.09. The summed E-state index contributed by atoms with van der Waals surface area (Å²) in [6.07, 6.45) is 0. The number of hydrogen-bond acceptors (Lipinski definition) is 15. The fourth-order valence-corrected chi connectivity index (χ4v) is 20.6. The average molecular weight is 1730 g/mol.